The van der Waals surface area contributed by atoms with Gasteiger partial charge in [-0.3, -0.25) is 28.8 Å². The second-order valence-electron chi connectivity index (χ2n) is 8.97. The Morgan fingerprint density at radius 1 is 1.03 bits per heavy atom. The molecule has 0 aliphatic carbocycles. The summed E-state index contributed by atoms with van der Waals surface area (Å²) in [5.74, 6) is -4.22. The molecule has 2 amide bonds. The van der Waals surface area contributed by atoms with Crippen molar-refractivity contribution in [3.05, 3.63) is 0 Å². The molecule has 0 aromatic rings. The number of methoxy groups -OCH3 is 1. The number of cyclic esters (lactones) is 2. The summed E-state index contributed by atoms with van der Waals surface area (Å²) in [6.07, 6.45) is -2.25. The van der Waals surface area contributed by atoms with E-state index in [0.717, 1.165) is 11.8 Å². The Morgan fingerprint density at radius 2 is 1.69 bits per heavy atom. The van der Waals surface area contributed by atoms with Gasteiger partial charge in [0.2, 0.25) is 5.91 Å². The van der Waals surface area contributed by atoms with Crippen molar-refractivity contribution in [2.75, 3.05) is 32.6 Å². The van der Waals surface area contributed by atoms with Gasteiger partial charge in [-0.15, -0.1) is 0 Å². The lowest BCUT2D eigenvalue weighted by atomic mass is 9.86. The highest BCUT2D eigenvalue weighted by Crippen LogP contribution is 2.28. The number of carbonyl (C=O) groups is 7. The van der Waals surface area contributed by atoms with Gasteiger partial charge in [-0.25, -0.2) is 4.79 Å². The minimum atomic E-state index is -1.03. The molecule has 0 radical (unpaired) electrons. The van der Waals surface area contributed by atoms with Crippen molar-refractivity contribution >= 4 is 52.4 Å². The molecule has 1 aliphatic rings. The maximum Gasteiger partial charge on any atom is 0.509 e. The molecule has 2 unspecified atom stereocenters. The fraction of sp³-hybridized carbons (Fsp3) is 0.696. The van der Waals surface area contributed by atoms with E-state index >= 15 is 0 Å². The van der Waals surface area contributed by atoms with Gasteiger partial charge < -0.3 is 24.8 Å². The Kier molecular flexibility index (Phi) is 12.6. The number of ether oxygens (including phenoxy) is 3. The van der Waals surface area contributed by atoms with Crippen LogP contribution in [0.4, 0.5) is 4.79 Å². The number of esters is 1. The summed E-state index contributed by atoms with van der Waals surface area (Å²) in [7, 11) is 1.20. The number of ketones is 2. The molecule has 1 aliphatic heterocycles. The normalized spacial score (nSPS) is 18.0. The van der Waals surface area contributed by atoms with Crippen LogP contribution in [0.1, 0.15) is 47.0 Å². The second kappa shape index (κ2) is 14.6. The summed E-state index contributed by atoms with van der Waals surface area (Å²) in [6, 6.07) is 0. The quantitative estimate of drug-likeness (QED) is 0.185. The molecular formula is C23H34N2O10S. The molecule has 1 fully saturated rings. The van der Waals surface area contributed by atoms with Crippen LogP contribution < -0.4 is 10.6 Å². The van der Waals surface area contributed by atoms with E-state index in [4.69, 9.17) is 9.47 Å². The summed E-state index contributed by atoms with van der Waals surface area (Å²) in [6.45, 7) is 6.47. The SMILES string of the molecule is COC(=O)CCC(=O)C(C)C(=O)C(C)C(=O)SCCNC(=O)CCNC(=O)[C@@H]1OC(=O)OCC1(C)C. The Bertz CT molecular complexity index is 873. The lowest BCUT2D eigenvalue weighted by Crippen LogP contribution is -2.52. The number of rotatable bonds is 14. The summed E-state index contributed by atoms with van der Waals surface area (Å²) in [5.41, 5.74) is -0.712. The van der Waals surface area contributed by atoms with Gasteiger partial charge in [0, 0.05) is 37.1 Å². The Morgan fingerprint density at radius 3 is 2.33 bits per heavy atom. The first-order valence-corrected chi connectivity index (χ1v) is 12.5. The van der Waals surface area contributed by atoms with Crippen molar-refractivity contribution in [1.82, 2.24) is 10.6 Å². The summed E-state index contributed by atoms with van der Waals surface area (Å²) in [4.78, 5) is 83.5. The van der Waals surface area contributed by atoms with E-state index in [1.807, 2.05) is 0 Å². The maximum absolute atomic E-state index is 12.4. The average molecular weight is 531 g/mol. The molecule has 2 N–H and O–H groups in total. The summed E-state index contributed by atoms with van der Waals surface area (Å²) in [5, 5.41) is 4.73. The van der Waals surface area contributed by atoms with Crippen LogP contribution in [0.2, 0.25) is 0 Å². The van der Waals surface area contributed by atoms with E-state index in [-0.39, 0.29) is 50.6 Å². The zero-order valence-electron chi connectivity index (χ0n) is 21.2. The van der Waals surface area contributed by atoms with E-state index in [1.165, 1.54) is 21.0 Å². The number of hydrogen-bond donors (Lipinski definition) is 2. The van der Waals surface area contributed by atoms with Crippen molar-refractivity contribution in [3.8, 4) is 0 Å². The third-order valence-electron chi connectivity index (χ3n) is 5.54. The Hall–Kier alpha value is -2.96. The zero-order chi connectivity index (χ0) is 27.5. The predicted molar refractivity (Wildman–Crippen MR) is 128 cm³/mol. The van der Waals surface area contributed by atoms with Crippen molar-refractivity contribution in [3.63, 3.8) is 0 Å². The van der Waals surface area contributed by atoms with E-state index in [1.54, 1.807) is 13.8 Å². The Labute approximate surface area is 213 Å². The summed E-state index contributed by atoms with van der Waals surface area (Å²) >= 11 is 0.863. The molecule has 0 bridgehead atoms. The highest BCUT2D eigenvalue weighted by Gasteiger charge is 2.43. The monoisotopic (exact) mass is 530 g/mol. The van der Waals surface area contributed by atoms with Crippen molar-refractivity contribution in [2.24, 2.45) is 17.3 Å². The first kappa shape index (κ1) is 31.1. The average Bonchev–Trinajstić information content (AvgIpc) is 2.84. The molecule has 0 spiro atoms. The number of amides is 2. The molecule has 0 aromatic heterocycles. The predicted octanol–water partition coefficient (Wildman–Crippen LogP) is 0.794. The van der Waals surface area contributed by atoms with Crippen LogP contribution in [0.3, 0.4) is 0 Å². The van der Waals surface area contributed by atoms with Gasteiger partial charge in [0.25, 0.3) is 5.91 Å². The van der Waals surface area contributed by atoms with E-state index < -0.39 is 58.1 Å². The molecule has 0 aromatic carbocycles. The van der Waals surface area contributed by atoms with E-state index in [9.17, 15) is 33.6 Å². The first-order chi connectivity index (χ1) is 16.8. The van der Waals surface area contributed by atoms with Crippen molar-refractivity contribution < 1.29 is 47.8 Å². The highest BCUT2D eigenvalue weighted by molar-refractivity contribution is 8.13. The van der Waals surface area contributed by atoms with Crippen LogP contribution in [0, 0.1) is 17.3 Å². The molecule has 36 heavy (non-hydrogen) atoms. The lowest BCUT2D eigenvalue weighted by molar-refractivity contribution is -0.149. The first-order valence-electron chi connectivity index (χ1n) is 11.5. The fourth-order valence-corrected chi connectivity index (χ4v) is 3.93. The van der Waals surface area contributed by atoms with Crippen LogP contribution in [0.5, 0.6) is 0 Å². The second-order valence-corrected chi connectivity index (χ2v) is 10.1. The third kappa shape index (κ3) is 9.96. The van der Waals surface area contributed by atoms with Gasteiger partial charge in [0.15, 0.2) is 17.0 Å². The molecular weight excluding hydrogens is 496 g/mol. The minimum absolute atomic E-state index is 0.0230. The molecule has 12 nitrogen and oxygen atoms in total. The van der Waals surface area contributed by atoms with Crippen LogP contribution >= 0.6 is 11.8 Å². The number of hydrogen-bond acceptors (Lipinski definition) is 11. The standard InChI is InChI=1S/C23H34N2O10S/c1-13(15(26)6-7-17(28)33-5)18(29)14(2)21(31)36-11-10-24-16(27)8-9-25-20(30)19-23(3,4)12-34-22(32)35-19/h13-14,19H,6-12H2,1-5H3,(H,24,27)(H,25,30)/t13?,14?,19-/m0/s1. The number of thioether (sulfide) groups is 1. The van der Waals surface area contributed by atoms with Gasteiger partial charge in [0.1, 0.15) is 12.4 Å². The minimum Gasteiger partial charge on any atom is -0.469 e. The molecule has 1 rings (SSSR count). The number of carbonyl (C=O) groups excluding carboxylic acids is 7. The van der Waals surface area contributed by atoms with Crippen LogP contribution in [0.25, 0.3) is 0 Å². The lowest BCUT2D eigenvalue weighted by Gasteiger charge is -2.35. The molecule has 202 valence electrons. The van der Waals surface area contributed by atoms with Crippen LogP contribution in [0.15, 0.2) is 0 Å². The molecule has 1 heterocycles. The molecule has 0 saturated carbocycles. The topological polar surface area (TPSA) is 171 Å². The number of nitrogens with one attached hydrogen (secondary N) is 2. The van der Waals surface area contributed by atoms with E-state index in [2.05, 4.69) is 15.4 Å². The molecule has 1 saturated heterocycles. The molecule has 13 heteroatoms. The van der Waals surface area contributed by atoms with Gasteiger partial charge >= 0.3 is 12.1 Å². The highest BCUT2D eigenvalue weighted by atomic mass is 32.2. The van der Waals surface area contributed by atoms with Gasteiger partial charge in [0.05, 0.1) is 25.4 Å². The van der Waals surface area contributed by atoms with Gasteiger partial charge in [-0.1, -0.05) is 25.6 Å². The smallest absolute Gasteiger partial charge is 0.469 e. The third-order valence-corrected chi connectivity index (χ3v) is 6.58. The van der Waals surface area contributed by atoms with Crippen molar-refractivity contribution in [2.45, 2.75) is 53.1 Å². The summed E-state index contributed by atoms with van der Waals surface area (Å²) < 4.78 is 14.2. The van der Waals surface area contributed by atoms with Crippen LogP contribution in [-0.4, -0.2) is 79.3 Å². The zero-order valence-corrected chi connectivity index (χ0v) is 22.0. The largest absolute Gasteiger partial charge is 0.509 e. The van der Waals surface area contributed by atoms with Crippen molar-refractivity contribution in [1.29, 1.82) is 0 Å². The molecule has 3 atom stereocenters. The number of Topliss-reactive ketones (excluding diaryl/α,β-unsaturated/α-hetero) is 2. The van der Waals surface area contributed by atoms with Gasteiger partial charge in [-0.05, 0) is 13.8 Å². The fourth-order valence-electron chi connectivity index (χ4n) is 3.16. The Balaban J connectivity index is 2.30. The van der Waals surface area contributed by atoms with Crippen LogP contribution in [-0.2, 0) is 43.0 Å². The maximum atomic E-state index is 12.4. The van der Waals surface area contributed by atoms with E-state index in [0.29, 0.717) is 0 Å². The van der Waals surface area contributed by atoms with Gasteiger partial charge in [-0.2, -0.15) is 0 Å².